The number of hydrogen-bond acceptors (Lipinski definition) is 5. The fourth-order valence-corrected chi connectivity index (χ4v) is 2.83. The molecule has 106 valence electrons. The highest BCUT2D eigenvalue weighted by atomic mass is 32.2. The van der Waals surface area contributed by atoms with Crippen LogP contribution in [0.2, 0.25) is 0 Å². The van der Waals surface area contributed by atoms with Crippen LogP contribution >= 0.6 is 0 Å². The van der Waals surface area contributed by atoms with Crippen molar-refractivity contribution >= 4 is 21.4 Å². The van der Waals surface area contributed by atoms with Gasteiger partial charge in [-0.1, -0.05) is 19.8 Å². The summed E-state index contributed by atoms with van der Waals surface area (Å²) < 4.78 is 26.3. The van der Waals surface area contributed by atoms with Crippen LogP contribution < -0.4 is 10.5 Å². The first-order valence-corrected chi connectivity index (χ1v) is 7.40. The number of anilines is 1. The number of nitro benzene ring substituents is 1. The molecule has 7 nitrogen and oxygen atoms in total. The van der Waals surface area contributed by atoms with Gasteiger partial charge >= 0.3 is 0 Å². The molecule has 0 unspecified atom stereocenters. The number of benzene rings is 1. The van der Waals surface area contributed by atoms with Crippen LogP contribution in [0.1, 0.15) is 26.2 Å². The van der Waals surface area contributed by atoms with E-state index in [2.05, 4.69) is 4.72 Å². The van der Waals surface area contributed by atoms with Crippen molar-refractivity contribution in [2.45, 2.75) is 31.1 Å². The van der Waals surface area contributed by atoms with Crippen molar-refractivity contribution in [2.24, 2.45) is 0 Å². The molecule has 1 aromatic rings. The number of nitrogens with one attached hydrogen (secondary N) is 1. The van der Waals surface area contributed by atoms with Crippen LogP contribution in [-0.2, 0) is 10.0 Å². The molecule has 0 radical (unpaired) electrons. The number of unbranched alkanes of at least 4 members (excludes halogenated alkanes) is 2. The Morgan fingerprint density at radius 3 is 2.63 bits per heavy atom. The lowest BCUT2D eigenvalue weighted by molar-refractivity contribution is -0.387. The number of nitrogen functional groups attached to an aromatic ring is 1. The molecule has 0 atom stereocenters. The Balaban J connectivity index is 3.00. The van der Waals surface area contributed by atoms with Crippen molar-refractivity contribution in [1.29, 1.82) is 0 Å². The zero-order valence-corrected chi connectivity index (χ0v) is 11.4. The van der Waals surface area contributed by atoms with E-state index in [1.807, 2.05) is 6.92 Å². The smallest absolute Gasteiger partial charge is 0.289 e. The zero-order chi connectivity index (χ0) is 14.5. The van der Waals surface area contributed by atoms with Gasteiger partial charge in [0, 0.05) is 18.3 Å². The lowest BCUT2D eigenvalue weighted by Crippen LogP contribution is -2.25. The Morgan fingerprint density at radius 2 is 2.05 bits per heavy atom. The molecule has 0 bridgehead atoms. The number of nitrogens with two attached hydrogens (primary N) is 1. The molecule has 1 rings (SSSR count). The van der Waals surface area contributed by atoms with Crippen LogP contribution in [0.15, 0.2) is 23.1 Å². The first-order chi connectivity index (χ1) is 8.88. The minimum absolute atomic E-state index is 0.166. The van der Waals surface area contributed by atoms with E-state index in [4.69, 9.17) is 5.73 Å². The van der Waals surface area contributed by atoms with Crippen LogP contribution in [0.25, 0.3) is 0 Å². The van der Waals surface area contributed by atoms with E-state index < -0.39 is 25.5 Å². The first kappa shape index (κ1) is 15.4. The second kappa shape index (κ2) is 6.48. The molecule has 0 saturated heterocycles. The zero-order valence-electron chi connectivity index (χ0n) is 10.6. The predicted octanol–water partition coefficient (Wildman–Crippen LogP) is 1.65. The molecule has 0 aliphatic heterocycles. The maximum Gasteiger partial charge on any atom is 0.289 e. The number of nitro groups is 1. The van der Waals surface area contributed by atoms with E-state index in [9.17, 15) is 18.5 Å². The van der Waals surface area contributed by atoms with E-state index in [-0.39, 0.29) is 12.2 Å². The third kappa shape index (κ3) is 4.18. The largest absolute Gasteiger partial charge is 0.399 e. The Bertz CT molecular complexity index is 557. The van der Waals surface area contributed by atoms with Gasteiger partial charge < -0.3 is 5.73 Å². The van der Waals surface area contributed by atoms with Gasteiger partial charge in [0.05, 0.1) is 4.92 Å². The van der Waals surface area contributed by atoms with Crippen LogP contribution in [0.4, 0.5) is 11.4 Å². The van der Waals surface area contributed by atoms with Gasteiger partial charge in [-0.05, 0) is 18.6 Å². The highest BCUT2D eigenvalue weighted by Crippen LogP contribution is 2.25. The fourth-order valence-electron chi connectivity index (χ4n) is 1.56. The van der Waals surface area contributed by atoms with Gasteiger partial charge in [0.25, 0.3) is 5.69 Å². The molecule has 0 spiro atoms. The summed E-state index contributed by atoms with van der Waals surface area (Å²) in [6, 6.07) is 3.49. The SMILES string of the molecule is CCCCCNS(=O)(=O)c1cc(N)ccc1[N+](=O)[O-]. The Labute approximate surface area is 112 Å². The van der Waals surface area contributed by atoms with Crippen molar-refractivity contribution < 1.29 is 13.3 Å². The number of rotatable bonds is 7. The third-order valence-electron chi connectivity index (χ3n) is 2.54. The summed E-state index contributed by atoms with van der Waals surface area (Å²) in [6.07, 6.45) is 2.54. The molecule has 0 aliphatic carbocycles. The van der Waals surface area contributed by atoms with Crippen molar-refractivity contribution in [3.05, 3.63) is 28.3 Å². The average Bonchev–Trinajstić information content (AvgIpc) is 2.34. The third-order valence-corrected chi connectivity index (χ3v) is 4.03. The lowest BCUT2D eigenvalue weighted by Gasteiger charge is -2.07. The van der Waals surface area contributed by atoms with Crippen LogP contribution in [0, 0.1) is 10.1 Å². The van der Waals surface area contributed by atoms with Gasteiger partial charge in [0.1, 0.15) is 0 Å². The summed E-state index contributed by atoms with van der Waals surface area (Å²) in [7, 11) is -3.91. The Morgan fingerprint density at radius 1 is 1.37 bits per heavy atom. The summed E-state index contributed by atoms with van der Waals surface area (Å²) in [5, 5.41) is 10.8. The molecule has 0 amide bonds. The number of hydrogen-bond donors (Lipinski definition) is 2. The molecular formula is C11H17N3O4S. The summed E-state index contributed by atoms with van der Waals surface area (Å²) in [5.41, 5.74) is 5.18. The highest BCUT2D eigenvalue weighted by Gasteiger charge is 2.25. The van der Waals surface area contributed by atoms with Gasteiger partial charge in [-0.25, -0.2) is 13.1 Å². The van der Waals surface area contributed by atoms with Gasteiger partial charge in [0.15, 0.2) is 4.90 Å². The van der Waals surface area contributed by atoms with E-state index in [1.165, 1.54) is 6.07 Å². The molecule has 3 N–H and O–H groups in total. The minimum Gasteiger partial charge on any atom is -0.399 e. The van der Waals surface area contributed by atoms with Gasteiger partial charge in [0.2, 0.25) is 10.0 Å². The highest BCUT2D eigenvalue weighted by molar-refractivity contribution is 7.89. The normalized spacial score (nSPS) is 11.4. The maximum atomic E-state index is 12.0. The van der Waals surface area contributed by atoms with E-state index in [0.717, 1.165) is 25.0 Å². The van der Waals surface area contributed by atoms with Crippen molar-refractivity contribution in [3.63, 3.8) is 0 Å². The monoisotopic (exact) mass is 287 g/mol. The number of nitrogens with zero attached hydrogens (tertiary/aromatic N) is 1. The molecular weight excluding hydrogens is 270 g/mol. The molecule has 0 fully saturated rings. The Kier molecular flexibility index (Phi) is 5.25. The molecule has 0 aliphatic rings. The lowest BCUT2D eigenvalue weighted by atomic mass is 10.3. The second-order valence-corrected chi connectivity index (χ2v) is 5.82. The van der Waals surface area contributed by atoms with E-state index in [0.29, 0.717) is 6.42 Å². The van der Waals surface area contributed by atoms with Gasteiger partial charge in [-0.15, -0.1) is 0 Å². The minimum atomic E-state index is -3.91. The molecule has 8 heteroatoms. The predicted molar refractivity (Wildman–Crippen MR) is 72.2 cm³/mol. The first-order valence-electron chi connectivity index (χ1n) is 5.92. The quantitative estimate of drug-likeness (QED) is 0.342. The van der Waals surface area contributed by atoms with Crippen LogP contribution in [0.5, 0.6) is 0 Å². The Hall–Kier alpha value is -1.67. The maximum absolute atomic E-state index is 12.0. The topological polar surface area (TPSA) is 115 Å². The van der Waals surface area contributed by atoms with Crippen molar-refractivity contribution in [3.8, 4) is 0 Å². The molecule has 1 aromatic carbocycles. The summed E-state index contributed by atoms with van der Waals surface area (Å²) in [6.45, 7) is 2.25. The molecule has 0 aromatic heterocycles. The molecule has 19 heavy (non-hydrogen) atoms. The summed E-state index contributed by atoms with van der Waals surface area (Å²) in [4.78, 5) is 9.70. The molecule has 0 saturated carbocycles. The van der Waals surface area contributed by atoms with Crippen LogP contribution in [0.3, 0.4) is 0 Å². The summed E-state index contributed by atoms with van der Waals surface area (Å²) in [5.74, 6) is 0. The second-order valence-electron chi connectivity index (χ2n) is 4.09. The van der Waals surface area contributed by atoms with Gasteiger partial charge in [-0.3, -0.25) is 10.1 Å². The average molecular weight is 287 g/mol. The fraction of sp³-hybridized carbons (Fsp3) is 0.455. The van der Waals surface area contributed by atoms with E-state index >= 15 is 0 Å². The molecule has 0 heterocycles. The van der Waals surface area contributed by atoms with E-state index in [1.54, 1.807) is 0 Å². The van der Waals surface area contributed by atoms with Gasteiger partial charge in [-0.2, -0.15) is 0 Å². The van der Waals surface area contributed by atoms with Crippen molar-refractivity contribution in [2.75, 3.05) is 12.3 Å². The standard InChI is InChI=1S/C11H17N3O4S/c1-2-3-4-7-13-19(17,18)11-8-9(12)5-6-10(11)14(15)16/h5-6,8,13H,2-4,7,12H2,1H3. The number of sulfonamides is 1. The van der Waals surface area contributed by atoms with Crippen molar-refractivity contribution in [1.82, 2.24) is 4.72 Å². The van der Waals surface area contributed by atoms with Crippen LogP contribution in [-0.4, -0.2) is 19.9 Å². The summed E-state index contributed by atoms with van der Waals surface area (Å²) >= 11 is 0.